The number of hydrogen-bond acceptors (Lipinski definition) is 5. The number of aromatic nitrogens is 2. The summed E-state index contributed by atoms with van der Waals surface area (Å²) in [4.78, 5) is 32.5. The van der Waals surface area contributed by atoms with Crippen LogP contribution in [-0.4, -0.2) is 89.1 Å². The molecule has 9 heteroatoms. The molecule has 0 unspecified atom stereocenters. The van der Waals surface area contributed by atoms with Crippen LogP contribution in [0.2, 0.25) is 0 Å². The third-order valence-electron chi connectivity index (χ3n) is 7.26. The number of likely N-dealkylation sites (N-methyl/N-ethyl adjacent to an activating group) is 1. The van der Waals surface area contributed by atoms with Crippen LogP contribution in [0.1, 0.15) is 36.2 Å². The molecular weight excluding hydrogens is 510 g/mol. The third kappa shape index (κ3) is 6.64. The van der Waals surface area contributed by atoms with Gasteiger partial charge in [-0.05, 0) is 51.1 Å². The number of ether oxygens (including phenoxy) is 1. The number of H-pyrrole nitrogens is 1. The SMILES string of the molecule is Cc1n[nH]c(C)c1CCC(=O)N1CC[C@H](Oc2cccc(Br)c2)[C@@H](CC(=O)N2CCN(C)CC2)C1. The van der Waals surface area contributed by atoms with Crippen molar-refractivity contribution in [2.24, 2.45) is 5.92 Å². The van der Waals surface area contributed by atoms with Gasteiger partial charge in [0, 0.05) is 74.6 Å². The van der Waals surface area contributed by atoms with E-state index in [1.165, 1.54) is 0 Å². The molecule has 190 valence electrons. The quantitative estimate of drug-likeness (QED) is 0.577. The van der Waals surface area contributed by atoms with Gasteiger partial charge in [0.1, 0.15) is 11.9 Å². The fourth-order valence-electron chi connectivity index (χ4n) is 5.05. The number of carbonyl (C=O) groups is 2. The lowest BCUT2D eigenvalue weighted by atomic mass is 9.90. The van der Waals surface area contributed by atoms with Crippen molar-refractivity contribution in [3.05, 3.63) is 45.7 Å². The predicted octanol–water partition coefficient (Wildman–Crippen LogP) is 3.18. The van der Waals surface area contributed by atoms with E-state index in [9.17, 15) is 9.59 Å². The molecule has 1 aromatic carbocycles. The number of piperidine rings is 1. The van der Waals surface area contributed by atoms with Crippen LogP contribution >= 0.6 is 15.9 Å². The summed E-state index contributed by atoms with van der Waals surface area (Å²) in [5.41, 5.74) is 3.09. The maximum atomic E-state index is 13.2. The number of hydrogen-bond donors (Lipinski definition) is 1. The van der Waals surface area contributed by atoms with E-state index in [1.54, 1.807) is 0 Å². The van der Waals surface area contributed by atoms with Gasteiger partial charge >= 0.3 is 0 Å². The van der Waals surface area contributed by atoms with Crippen molar-refractivity contribution in [1.29, 1.82) is 0 Å². The molecule has 4 rings (SSSR count). The van der Waals surface area contributed by atoms with Gasteiger partial charge in [-0.15, -0.1) is 0 Å². The highest BCUT2D eigenvalue weighted by molar-refractivity contribution is 9.10. The number of likely N-dealkylation sites (tertiary alicyclic amines) is 1. The molecule has 2 atom stereocenters. The molecule has 2 saturated heterocycles. The van der Waals surface area contributed by atoms with Crippen LogP contribution in [0.3, 0.4) is 0 Å². The van der Waals surface area contributed by atoms with E-state index in [0.717, 1.165) is 53.4 Å². The first kappa shape index (κ1) is 25.7. The molecule has 3 heterocycles. The summed E-state index contributed by atoms with van der Waals surface area (Å²) in [6.07, 6.45) is 2.11. The minimum Gasteiger partial charge on any atom is -0.490 e. The zero-order chi connectivity index (χ0) is 24.9. The number of aryl methyl sites for hydroxylation is 2. The Labute approximate surface area is 216 Å². The van der Waals surface area contributed by atoms with Gasteiger partial charge in [-0.1, -0.05) is 22.0 Å². The fraction of sp³-hybridized carbons (Fsp3) is 0.577. The van der Waals surface area contributed by atoms with Crippen molar-refractivity contribution in [2.75, 3.05) is 46.3 Å². The van der Waals surface area contributed by atoms with E-state index in [1.807, 2.05) is 47.9 Å². The largest absolute Gasteiger partial charge is 0.490 e. The van der Waals surface area contributed by atoms with Gasteiger partial charge < -0.3 is 19.4 Å². The molecule has 1 aromatic heterocycles. The van der Waals surface area contributed by atoms with Crippen molar-refractivity contribution in [3.63, 3.8) is 0 Å². The average Bonchev–Trinajstić information content (AvgIpc) is 3.16. The van der Waals surface area contributed by atoms with Gasteiger partial charge in [-0.2, -0.15) is 5.10 Å². The zero-order valence-electron chi connectivity index (χ0n) is 20.9. The van der Waals surface area contributed by atoms with Crippen molar-refractivity contribution in [3.8, 4) is 5.75 Å². The van der Waals surface area contributed by atoms with E-state index < -0.39 is 0 Å². The lowest BCUT2D eigenvalue weighted by Crippen LogP contribution is -2.51. The van der Waals surface area contributed by atoms with E-state index in [4.69, 9.17) is 4.74 Å². The molecular formula is C26H36BrN5O3. The average molecular weight is 547 g/mol. The van der Waals surface area contributed by atoms with Crippen molar-refractivity contribution in [1.82, 2.24) is 24.9 Å². The number of nitrogens with one attached hydrogen (secondary N) is 1. The van der Waals surface area contributed by atoms with E-state index in [0.29, 0.717) is 38.8 Å². The van der Waals surface area contributed by atoms with Crippen LogP contribution in [0, 0.1) is 19.8 Å². The summed E-state index contributed by atoms with van der Waals surface area (Å²) in [6, 6.07) is 7.80. The van der Waals surface area contributed by atoms with Crippen LogP contribution in [0.15, 0.2) is 28.7 Å². The highest BCUT2D eigenvalue weighted by atomic mass is 79.9. The molecule has 0 aliphatic carbocycles. The molecule has 0 saturated carbocycles. The first-order chi connectivity index (χ1) is 16.8. The number of aromatic amines is 1. The van der Waals surface area contributed by atoms with Crippen LogP contribution in [0.25, 0.3) is 0 Å². The molecule has 1 N–H and O–H groups in total. The lowest BCUT2D eigenvalue weighted by Gasteiger charge is -2.40. The molecule has 0 spiro atoms. The topological polar surface area (TPSA) is 81.8 Å². The minimum absolute atomic E-state index is 0.0452. The highest BCUT2D eigenvalue weighted by Crippen LogP contribution is 2.28. The maximum Gasteiger partial charge on any atom is 0.223 e. The Hall–Kier alpha value is -2.39. The third-order valence-corrected chi connectivity index (χ3v) is 7.76. The summed E-state index contributed by atoms with van der Waals surface area (Å²) >= 11 is 3.51. The molecule has 35 heavy (non-hydrogen) atoms. The number of rotatable bonds is 7. The highest BCUT2D eigenvalue weighted by Gasteiger charge is 2.35. The van der Waals surface area contributed by atoms with Gasteiger partial charge in [-0.25, -0.2) is 0 Å². The summed E-state index contributed by atoms with van der Waals surface area (Å²) in [5, 5.41) is 7.24. The Balaban J connectivity index is 1.42. The van der Waals surface area contributed by atoms with Crippen LogP contribution < -0.4 is 4.74 Å². The monoisotopic (exact) mass is 545 g/mol. The van der Waals surface area contributed by atoms with Gasteiger partial charge in [0.2, 0.25) is 11.8 Å². The van der Waals surface area contributed by atoms with Crippen LogP contribution in [0.4, 0.5) is 0 Å². The van der Waals surface area contributed by atoms with E-state index in [-0.39, 0.29) is 23.8 Å². The molecule has 2 aliphatic rings. The molecule has 2 amide bonds. The molecule has 8 nitrogen and oxygen atoms in total. The molecule has 2 aliphatic heterocycles. The van der Waals surface area contributed by atoms with Crippen molar-refractivity contribution < 1.29 is 14.3 Å². The number of amides is 2. The fourth-order valence-corrected chi connectivity index (χ4v) is 5.42. The smallest absolute Gasteiger partial charge is 0.223 e. The molecule has 2 fully saturated rings. The standard InChI is InChI=1S/C26H36BrN5O3/c1-18-23(19(2)29-28-18)7-8-25(33)32-10-9-24(35-22-6-4-5-21(27)16-22)20(17-32)15-26(34)31-13-11-30(3)12-14-31/h4-6,16,20,24H,7-15,17H2,1-3H3,(H,28,29)/t20-,24-/m0/s1. The first-order valence-electron chi connectivity index (χ1n) is 12.5. The van der Waals surface area contributed by atoms with Crippen molar-refractivity contribution >= 4 is 27.7 Å². The molecule has 0 radical (unpaired) electrons. The van der Waals surface area contributed by atoms with Crippen LogP contribution in [-0.2, 0) is 16.0 Å². The predicted molar refractivity (Wildman–Crippen MR) is 138 cm³/mol. The second-order valence-corrected chi connectivity index (χ2v) is 10.7. The Morgan fingerprint density at radius 2 is 1.89 bits per heavy atom. The number of halogens is 1. The van der Waals surface area contributed by atoms with Gasteiger partial charge in [-0.3, -0.25) is 14.7 Å². The van der Waals surface area contributed by atoms with E-state index >= 15 is 0 Å². The normalized spacial score (nSPS) is 21.3. The second-order valence-electron chi connectivity index (χ2n) is 9.80. The van der Waals surface area contributed by atoms with Gasteiger partial charge in [0.05, 0.1) is 5.69 Å². The summed E-state index contributed by atoms with van der Waals surface area (Å²) in [6.45, 7) is 8.44. The Bertz CT molecular complexity index is 1010. The van der Waals surface area contributed by atoms with Gasteiger partial charge in [0.25, 0.3) is 0 Å². The minimum atomic E-state index is -0.108. The number of nitrogens with zero attached hydrogens (tertiary/aromatic N) is 4. The molecule has 2 aromatic rings. The Morgan fingerprint density at radius 1 is 1.11 bits per heavy atom. The number of carbonyl (C=O) groups excluding carboxylic acids is 2. The summed E-state index contributed by atoms with van der Waals surface area (Å²) in [5.74, 6) is 1.02. The zero-order valence-corrected chi connectivity index (χ0v) is 22.5. The number of piperazine rings is 1. The molecule has 0 bridgehead atoms. The van der Waals surface area contributed by atoms with Gasteiger partial charge in [0.15, 0.2) is 0 Å². The van der Waals surface area contributed by atoms with Crippen molar-refractivity contribution in [2.45, 2.75) is 45.6 Å². The maximum absolute atomic E-state index is 13.2. The Kier molecular flexibility index (Phi) is 8.49. The number of benzene rings is 1. The second kappa shape index (κ2) is 11.6. The first-order valence-corrected chi connectivity index (χ1v) is 13.3. The van der Waals surface area contributed by atoms with Crippen LogP contribution in [0.5, 0.6) is 5.75 Å². The van der Waals surface area contributed by atoms with E-state index in [2.05, 4.69) is 38.1 Å². The summed E-state index contributed by atoms with van der Waals surface area (Å²) < 4.78 is 7.33. The summed E-state index contributed by atoms with van der Waals surface area (Å²) in [7, 11) is 2.08. The lowest BCUT2D eigenvalue weighted by molar-refractivity contribution is -0.140. The Morgan fingerprint density at radius 3 is 2.57 bits per heavy atom.